The van der Waals surface area contributed by atoms with E-state index in [2.05, 4.69) is 10.5 Å². The molecule has 1 heterocycles. The summed E-state index contributed by atoms with van der Waals surface area (Å²) in [5.41, 5.74) is 4.46. The van der Waals surface area contributed by atoms with E-state index in [1.807, 2.05) is 26.8 Å². The predicted octanol–water partition coefficient (Wildman–Crippen LogP) is 4.71. The fourth-order valence-electron chi connectivity index (χ4n) is 2.02. The van der Waals surface area contributed by atoms with Crippen molar-refractivity contribution >= 4 is 23.0 Å². The molecule has 0 spiro atoms. The van der Waals surface area contributed by atoms with Gasteiger partial charge in [-0.1, -0.05) is 32.9 Å². The lowest BCUT2D eigenvalue weighted by atomic mass is 10.1. The van der Waals surface area contributed by atoms with E-state index < -0.39 is 0 Å². The van der Waals surface area contributed by atoms with Gasteiger partial charge in [0, 0.05) is 10.6 Å². The molecule has 3 nitrogen and oxygen atoms in total. The Morgan fingerprint density at radius 2 is 1.91 bits per heavy atom. The largest absolute Gasteiger partial charge is 0.281 e. The van der Waals surface area contributed by atoms with Crippen molar-refractivity contribution in [3.8, 4) is 10.4 Å². The quantitative estimate of drug-likeness (QED) is 0.630. The zero-order valence-electron chi connectivity index (χ0n) is 12.9. The SMILES string of the molecule is CC/C(=N/NC(=O)c1ccc(-c2ccc(F)cc2)s1)C(C)C. The third-order valence-electron chi connectivity index (χ3n) is 3.29. The number of carbonyl (C=O) groups is 1. The van der Waals surface area contributed by atoms with Crippen molar-refractivity contribution in [2.75, 3.05) is 0 Å². The molecule has 116 valence electrons. The molecule has 1 aromatic heterocycles. The van der Waals surface area contributed by atoms with Crippen molar-refractivity contribution in [2.45, 2.75) is 27.2 Å². The third-order valence-corrected chi connectivity index (χ3v) is 4.42. The molecule has 1 amide bonds. The van der Waals surface area contributed by atoms with Crippen LogP contribution in [0.1, 0.15) is 36.9 Å². The molecule has 2 rings (SSSR count). The molecule has 0 fully saturated rings. The van der Waals surface area contributed by atoms with Gasteiger partial charge >= 0.3 is 0 Å². The van der Waals surface area contributed by atoms with Crippen LogP contribution in [-0.4, -0.2) is 11.6 Å². The minimum Gasteiger partial charge on any atom is -0.266 e. The van der Waals surface area contributed by atoms with Gasteiger partial charge in [0.15, 0.2) is 0 Å². The van der Waals surface area contributed by atoms with Crippen LogP contribution in [0.2, 0.25) is 0 Å². The fourth-order valence-corrected chi connectivity index (χ4v) is 2.92. The van der Waals surface area contributed by atoms with E-state index in [0.29, 0.717) is 10.8 Å². The number of halogens is 1. The Kier molecular flexibility index (Phi) is 5.44. The van der Waals surface area contributed by atoms with Gasteiger partial charge in [0.1, 0.15) is 5.82 Å². The minimum absolute atomic E-state index is 0.218. The van der Waals surface area contributed by atoms with Crippen LogP contribution in [-0.2, 0) is 0 Å². The number of nitrogens with zero attached hydrogens (tertiary/aromatic N) is 1. The lowest BCUT2D eigenvalue weighted by molar-refractivity contribution is 0.0958. The summed E-state index contributed by atoms with van der Waals surface area (Å²) >= 11 is 1.36. The van der Waals surface area contributed by atoms with Gasteiger partial charge in [-0.15, -0.1) is 11.3 Å². The van der Waals surface area contributed by atoms with Crippen molar-refractivity contribution in [1.82, 2.24) is 5.43 Å². The van der Waals surface area contributed by atoms with E-state index in [1.54, 1.807) is 18.2 Å². The summed E-state index contributed by atoms with van der Waals surface area (Å²) in [6, 6.07) is 9.85. The summed E-state index contributed by atoms with van der Waals surface area (Å²) in [4.78, 5) is 13.6. The topological polar surface area (TPSA) is 41.5 Å². The molecule has 0 aliphatic carbocycles. The Hall–Kier alpha value is -2.01. The zero-order valence-corrected chi connectivity index (χ0v) is 13.7. The molecule has 0 atom stereocenters. The number of rotatable bonds is 5. The average molecular weight is 318 g/mol. The molecule has 0 saturated carbocycles. The van der Waals surface area contributed by atoms with Gasteiger partial charge in [0.05, 0.1) is 4.88 Å². The van der Waals surface area contributed by atoms with Crippen molar-refractivity contribution in [3.05, 3.63) is 47.1 Å². The summed E-state index contributed by atoms with van der Waals surface area (Å²) in [6.07, 6.45) is 0.809. The Morgan fingerprint density at radius 1 is 1.23 bits per heavy atom. The van der Waals surface area contributed by atoms with Gasteiger partial charge in [-0.3, -0.25) is 4.79 Å². The van der Waals surface area contributed by atoms with E-state index >= 15 is 0 Å². The molecule has 5 heteroatoms. The van der Waals surface area contributed by atoms with Crippen LogP contribution < -0.4 is 5.43 Å². The summed E-state index contributed by atoms with van der Waals surface area (Å²) < 4.78 is 12.9. The van der Waals surface area contributed by atoms with Crippen molar-refractivity contribution in [3.63, 3.8) is 0 Å². The second-order valence-corrected chi connectivity index (χ2v) is 6.31. The van der Waals surface area contributed by atoms with Gasteiger partial charge in [-0.25, -0.2) is 9.82 Å². The molecular formula is C17H19FN2OS. The molecular weight excluding hydrogens is 299 g/mol. The summed E-state index contributed by atoms with van der Waals surface area (Å²) in [5, 5.41) is 4.19. The standard InChI is InChI=1S/C17H19FN2OS/c1-4-14(11(2)3)19-20-17(21)16-10-9-15(22-16)12-5-7-13(18)8-6-12/h5-11H,4H2,1-3H3,(H,20,21)/b19-14-. The molecule has 0 radical (unpaired) electrons. The lowest BCUT2D eigenvalue weighted by Gasteiger charge is -2.07. The fraction of sp³-hybridized carbons (Fsp3) is 0.294. The Bertz CT molecular complexity index is 674. The minimum atomic E-state index is -0.270. The van der Waals surface area contributed by atoms with Crippen LogP contribution in [0.3, 0.4) is 0 Å². The molecule has 1 aromatic carbocycles. The highest BCUT2D eigenvalue weighted by atomic mass is 32.1. The van der Waals surface area contributed by atoms with E-state index in [-0.39, 0.29) is 11.7 Å². The maximum Gasteiger partial charge on any atom is 0.281 e. The molecule has 2 aromatic rings. The molecule has 0 unspecified atom stereocenters. The predicted molar refractivity (Wildman–Crippen MR) is 89.7 cm³/mol. The van der Waals surface area contributed by atoms with Crippen molar-refractivity contribution in [1.29, 1.82) is 0 Å². The van der Waals surface area contributed by atoms with E-state index in [9.17, 15) is 9.18 Å². The van der Waals surface area contributed by atoms with Crippen LogP contribution in [0.25, 0.3) is 10.4 Å². The van der Waals surface area contributed by atoms with Crippen LogP contribution in [0.15, 0.2) is 41.5 Å². The first-order chi connectivity index (χ1) is 10.5. The Labute approximate surface area is 133 Å². The molecule has 0 saturated heterocycles. The number of nitrogens with one attached hydrogen (secondary N) is 1. The van der Waals surface area contributed by atoms with Gasteiger partial charge < -0.3 is 0 Å². The molecule has 22 heavy (non-hydrogen) atoms. The number of hydrogen-bond acceptors (Lipinski definition) is 3. The first-order valence-corrected chi connectivity index (χ1v) is 8.05. The number of thiophene rings is 1. The monoisotopic (exact) mass is 318 g/mol. The number of hydrazone groups is 1. The normalized spacial score (nSPS) is 11.8. The van der Waals surface area contributed by atoms with E-state index in [4.69, 9.17) is 0 Å². The number of amides is 1. The first kappa shape index (κ1) is 16.4. The summed E-state index contributed by atoms with van der Waals surface area (Å²) in [6.45, 7) is 6.11. The van der Waals surface area contributed by atoms with Gasteiger partial charge in [0.25, 0.3) is 5.91 Å². The van der Waals surface area contributed by atoms with Crippen LogP contribution in [0, 0.1) is 11.7 Å². The Morgan fingerprint density at radius 3 is 2.50 bits per heavy atom. The number of carbonyl (C=O) groups excluding carboxylic acids is 1. The van der Waals surface area contributed by atoms with Crippen molar-refractivity contribution in [2.24, 2.45) is 11.0 Å². The summed E-state index contributed by atoms with van der Waals surface area (Å²) in [7, 11) is 0. The maximum absolute atomic E-state index is 12.9. The van der Waals surface area contributed by atoms with Gasteiger partial charge in [0.2, 0.25) is 0 Å². The second kappa shape index (κ2) is 7.31. The molecule has 0 aliphatic heterocycles. The van der Waals surface area contributed by atoms with Crippen LogP contribution in [0.5, 0.6) is 0 Å². The van der Waals surface area contributed by atoms with E-state index in [1.165, 1.54) is 23.5 Å². The smallest absolute Gasteiger partial charge is 0.266 e. The third kappa shape index (κ3) is 4.01. The van der Waals surface area contributed by atoms with Gasteiger partial charge in [-0.2, -0.15) is 5.10 Å². The lowest BCUT2D eigenvalue weighted by Crippen LogP contribution is -2.20. The highest BCUT2D eigenvalue weighted by molar-refractivity contribution is 7.17. The second-order valence-electron chi connectivity index (χ2n) is 5.22. The highest BCUT2D eigenvalue weighted by Gasteiger charge is 2.11. The zero-order chi connectivity index (χ0) is 16.1. The van der Waals surface area contributed by atoms with E-state index in [0.717, 1.165) is 22.6 Å². The molecule has 0 bridgehead atoms. The summed E-state index contributed by atoms with van der Waals surface area (Å²) in [5.74, 6) is -0.179. The van der Waals surface area contributed by atoms with Crippen LogP contribution >= 0.6 is 11.3 Å². The number of hydrogen-bond donors (Lipinski definition) is 1. The van der Waals surface area contributed by atoms with Crippen molar-refractivity contribution < 1.29 is 9.18 Å². The average Bonchev–Trinajstić information content (AvgIpc) is 2.98. The maximum atomic E-state index is 12.9. The molecule has 1 N–H and O–H groups in total. The first-order valence-electron chi connectivity index (χ1n) is 7.23. The number of benzene rings is 1. The Balaban J connectivity index is 2.11. The van der Waals surface area contributed by atoms with Gasteiger partial charge in [-0.05, 0) is 42.2 Å². The molecule has 0 aliphatic rings. The highest BCUT2D eigenvalue weighted by Crippen LogP contribution is 2.28. The van der Waals surface area contributed by atoms with Crippen LogP contribution in [0.4, 0.5) is 4.39 Å².